The molecule has 1 aromatic rings. The second kappa shape index (κ2) is 6.77. The van der Waals surface area contributed by atoms with Gasteiger partial charge in [-0.2, -0.15) is 0 Å². The van der Waals surface area contributed by atoms with Crippen molar-refractivity contribution in [2.75, 3.05) is 38.1 Å². The van der Waals surface area contributed by atoms with E-state index in [-0.39, 0.29) is 6.04 Å². The highest BCUT2D eigenvalue weighted by Crippen LogP contribution is 2.28. The molecule has 1 aromatic carbocycles. The quantitative estimate of drug-likeness (QED) is 0.890. The number of rotatable bonds is 4. The lowest BCUT2D eigenvalue weighted by Crippen LogP contribution is -2.45. The number of hydrogen-bond donors (Lipinski definition) is 2. The van der Waals surface area contributed by atoms with Gasteiger partial charge in [-0.1, -0.05) is 18.6 Å². The highest BCUT2D eigenvalue weighted by molar-refractivity contribution is 5.56. The van der Waals surface area contributed by atoms with Crippen LogP contribution in [0.4, 0.5) is 5.69 Å². The normalized spacial score (nSPS) is 21.1. The fraction of sp³-hybridized carbons (Fsp3) is 0.647. The summed E-state index contributed by atoms with van der Waals surface area (Å²) in [5.41, 5.74) is 13.9. The highest BCUT2D eigenvalue weighted by Gasteiger charge is 2.19. The summed E-state index contributed by atoms with van der Waals surface area (Å²) in [4.78, 5) is 2.36. The Balaban J connectivity index is 1.74. The summed E-state index contributed by atoms with van der Waals surface area (Å²) in [7, 11) is 2.18. The van der Waals surface area contributed by atoms with E-state index in [0.717, 1.165) is 13.1 Å². The van der Waals surface area contributed by atoms with Crippen LogP contribution in [-0.2, 0) is 6.42 Å². The molecule has 2 heterocycles. The van der Waals surface area contributed by atoms with E-state index < -0.39 is 0 Å². The van der Waals surface area contributed by atoms with E-state index in [1.165, 1.54) is 55.5 Å². The van der Waals surface area contributed by atoms with Crippen LogP contribution < -0.4 is 16.1 Å². The molecule has 0 bridgehead atoms. The first-order valence-corrected chi connectivity index (χ1v) is 8.33. The Bertz CT molecular complexity index is 468. The molecule has 116 valence electrons. The van der Waals surface area contributed by atoms with Crippen LogP contribution in [0.1, 0.15) is 42.9 Å². The maximum Gasteiger partial charge on any atom is 0.0587 e. The second-order valence-corrected chi connectivity index (χ2v) is 6.38. The fourth-order valence-corrected chi connectivity index (χ4v) is 3.53. The third-order valence-corrected chi connectivity index (χ3v) is 4.79. The van der Waals surface area contributed by atoms with Gasteiger partial charge < -0.3 is 10.6 Å². The predicted octanol–water partition coefficient (Wildman–Crippen LogP) is 2.06. The van der Waals surface area contributed by atoms with Crippen LogP contribution in [0, 0.1) is 0 Å². The zero-order chi connectivity index (χ0) is 14.7. The lowest BCUT2D eigenvalue weighted by molar-refractivity contribution is 0.130. The SMILES string of the molecule is CN1CCCc2cc(C(CN)NN3CCCCC3)ccc21. The number of nitrogens with two attached hydrogens (primary N) is 1. The van der Waals surface area contributed by atoms with Crippen molar-refractivity contribution < 1.29 is 0 Å². The van der Waals surface area contributed by atoms with E-state index in [4.69, 9.17) is 5.73 Å². The first kappa shape index (κ1) is 14.8. The molecule has 0 amide bonds. The van der Waals surface area contributed by atoms with E-state index in [9.17, 15) is 0 Å². The number of hydrogen-bond acceptors (Lipinski definition) is 4. The van der Waals surface area contributed by atoms with Crippen molar-refractivity contribution in [2.45, 2.75) is 38.1 Å². The van der Waals surface area contributed by atoms with Gasteiger partial charge in [-0.05, 0) is 42.9 Å². The first-order valence-electron chi connectivity index (χ1n) is 8.33. The summed E-state index contributed by atoms with van der Waals surface area (Å²) in [6.45, 7) is 4.10. The summed E-state index contributed by atoms with van der Waals surface area (Å²) < 4.78 is 0. The van der Waals surface area contributed by atoms with Crippen molar-refractivity contribution in [1.82, 2.24) is 10.4 Å². The van der Waals surface area contributed by atoms with E-state index >= 15 is 0 Å². The summed E-state index contributed by atoms with van der Waals surface area (Å²) in [6, 6.07) is 7.11. The van der Waals surface area contributed by atoms with Crippen LogP contribution in [-0.4, -0.2) is 38.2 Å². The molecule has 21 heavy (non-hydrogen) atoms. The molecule has 3 rings (SSSR count). The Kier molecular flexibility index (Phi) is 4.78. The maximum absolute atomic E-state index is 6.03. The van der Waals surface area contributed by atoms with Gasteiger partial charge in [0.1, 0.15) is 0 Å². The number of nitrogens with zero attached hydrogens (tertiary/aromatic N) is 2. The summed E-state index contributed by atoms with van der Waals surface area (Å²) in [5, 5.41) is 2.35. The molecule has 3 N–H and O–H groups in total. The lowest BCUT2D eigenvalue weighted by atomic mass is 9.97. The maximum atomic E-state index is 6.03. The average molecular weight is 288 g/mol. The van der Waals surface area contributed by atoms with Crippen LogP contribution in [0.2, 0.25) is 0 Å². The Morgan fingerprint density at radius 3 is 2.71 bits per heavy atom. The van der Waals surface area contributed by atoms with Crippen molar-refractivity contribution in [1.29, 1.82) is 0 Å². The van der Waals surface area contributed by atoms with Crippen LogP contribution in [0.5, 0.6) is 0 Å². The standard InChI is InChI=1S/C17H28N4/c1-20-9-5-6-15-12-14(7-8-17(15)20)16(13-18)19-21-10-3-2-4-11-21/h7-8,12,16,19H,2-6,9-11,13,18H2,1H3. The molecule has 0 aromatic heterocycles. The van der Waals surface area contributed by atoms with Crippen molar-refractivity contribution in [3.8, 4) is 0 Å². The lowest BCUT2D eigenvalue weighted by Gasteiger charge is -2.33. The first-order chi connectivity index (χ1) is 10.3. The molecule has 0 radical (unpaired) electrons. The minimum atomic E-state index is 0.237. The molecule has 4 nitrogen and oxygen atoms in total. The summed E-state index contributed by atoms with van der Waals surface area (Å²) in [5.74, 6) is 0. The van der Waals surface area contributed by atoms with Gasteiger partial charge in [-0.25, -0.2) is 10.4 Å². The Hall–Kier alpha value is -1.10. The fourth-order valence-electron chi connectivity index (χ4n) is 3.53. The Labute approximate surface area is 128 Å². The summed E-state index contributed by atoms with van der Waals surface area (Å²) >= 11 is 0. The molecule has 2 aliphatic rings. The number of anilines is 1. The van der Waals surface area contributed by atoms with Crippen LogP contribution in [0.15, 0.2) is 18.2 Å². The zero-order valence-electron chi connectivity index (χ0n) is 13.1. The van der Waals surface area contributed by atoms with Crippen LogP contribution in [0.3, 0.4) is 0 Å². The van der Waals surface area contributed by atoms with Crippen molar-refractivity contribution >= 4 is 5.69 Å². The second-order valence-electron chi connectivity index (χ2n) is 6.38. The van der Waals surface area contributed by atoms with E-state index in [1.807, 2.05) is 0 Å². The van der Waals surface area contributed by atoms with Gasteiger partial charge in [-0.15, -0.1) is 0 Å². The van der Waals surface area contributed by atoms with Crippen molar-refractivity contribution in [3.63, 3.8) is 0 Å². The molecule has 1 atom stereocenters. The van der Waals surface area contributed by atoms with E-state index in [2.05, 4.69) is 40.6 Å². The summed E-state index contributed by atoms with van der Waals surface area (Å²) in [6.07, 6.45) is 6.38. The van der Waals surface area contributed by atoms with Crippen LogP contribution in [0.25, 0.3) is 0 Å². The molecule has 4 heteroatoms. The Morgan fingerprint density at radius 1 is 1.14 bits per heavy atom. The van der Waals surface area contributed by atoms with Gasteiger partial charge in [0.15, 0.2) is 0 Å². The van der Waals surface area contributed by atoms with Gasteiger partial charge in [-0.3, -0.25) is 0 Å². The van der Waals surface area contributed by atoms with Gasteiger partial charge in [0.25, 0.3) is 0 Å². The van der Waals surface area contributed by atoms with Crippen molar-refractivity contribution in [3.05, 3.63) is 29.3 Å². The number of aryl methyl sites for hydroxylation is 1. The minimum Gasteiger partial charge on any atom is -0.374 e. The minimum absolute atomic E-state index is 0.237. The number of fused-ring (bicyclic) bond motifs is 1. The third-order valence-electron chi connectivity index (χ3n) is 4.79. The molecule has 1 saturated heterocycles. The van der Waals surface area contributed by atoms with E-state index in [1.54, 1.807) is 0 Å². The predicted molar refractivity (Wildman–Crippen MR) is 88.4 cm³/mol. The highest BCUT2D eigenvalue weighted by atomic mass is 15.5. The van der Waals surface area contributed by atoms with Gasteiger partial charge in [0, 0.05) is 38.9 Å². The molecular formula is C17H28N4. The molecule has 0 spiro atoms. The molecule has 0 aliphatic carbocycles. The Morgan fingerprint density at radius 2 is 1.95 bits per heavy atom. The zero-order valence-corrected chi connectivity index (χ0v) is 13.1. The molecule has 1 fully saturated rings. The molecular weight excluding hydrogens is 260 g/mol. The smallest absolute Gasteiger partial charge is 0.0587 e. The van der Waals surface area contributed by atoms with Crippen molar-refractivity contribution in [2.24, 2.45) is 5.73 Å². The third kappa shape index (κ3) is 3.39. The average Bonchev–Trinajstić information content (AvgIpc) is 2.53. The molecule has 2 aliphatic heterocycles. The van der Waals surface area contributed by atoms with Gasteiger partial charge >= 0.3 is 0 Å². The largest absolute Gasteiger partial charge is 0.374 e. The molecule has 0 saturated carbocycles. The number of nitrogens with one attached hydrogen (secondary N) is 1. The number of benzene rings is 1. The number of piperidine rings is 1. The van der Waals surface area contributed by atoms with Crippen LogP contribution >= 0.6 is 0 Å². The van der Waals surface area contributed by atoms with Gasteiger partial charge in [0.2, 0.25) is 0 Å². The number of hydrazine groups is 1. The topological polar surface area (TPSA) is 44.5 Å². The molecule has 1 unspecified atom stereocenters. The monoisotopic (exact) mass is 288 g/mol. The van der Waals surface area contributed by atoms with E-state index in [0.29, 0.717) is 6.54 Å². The van der Waals surface area contributed by atoms with Gasteiger partial charge in [0.05, 0.1) is 6.04 Å².